The van der Waals surface area contributed by atoms with Gasteiger partial charge in [-0.25, -0.2) is 13.6 Å². The maximum Gasteiger partial charge on any atom is 0.328 e. The van der Waals surface area contributed by atoms with Gasteiger partial charge in [-0.3, -0.25) is 0 Å². The highest BCUT2D eigenvalue weighted by molar-refractivity contribution is 6.33. The van der Waals surface area contributed by atoms with E-state index in [2.05, 4.69) is 5.32 Å². The fraction of sp³-hybridized carbons (Fsp3) is 0.462. The molecule has 0 aliphatic heterocycles. The average molecular weight is 292 g/mol. The van der Waals surface area contributed by atoms with Gasteiger partial charge >= 0.3 is 5.97 Å². The minimum atomic E-state index is -0.838. The first kappa shape index (κ1) is 15.7. The zero-order valence-corrected chi connectivity index (χ0v) is 11.6. The lowest BCUT2D eigenvalue weighted by Crippen LogP contribution is -2.31. The Bertz CT molecular complexity index is 431. The number of ether oxygens (including phenoxy) is 1. The van der Waals surface area contributed by atoms with Crippen molar-refractivity contribution in [3.63, 3.8) is 0 Å². The van der Waals surface area contributed by atoms with Crippen LogP contribution >= 0.6 is 11.6 Å². The summed E-state index contributed by atoms with van der Waals surface area (Å²) in [6.07, 6.45) is 1.17. The van der Waals surface area contributed by atoms with Gasteiger partial charge in [0.15, 0.2) is 5.82 Å². The van der Waals surface area contributed by atoms with E-state index in [4.69, 9.17) is 16.3 Å². The first-order valence-electron chi connectivity index (χ1n) is 6.07. The zero-order valence-electron chi connectivity index (χ0n) is 10.8. The van der Waals surface area contributed by atoms with Crippen molar-refractivity contribution < 1.29 is 18.3 Å². The van der Waals surface area contributed by atoms with Crippen LogP contribution in [-0.4, -0.2) is 18.6 Å². The van der Waals surface area contributed by atoms with Crippen molar-refractivity contribution in [3.8, 4) is 0 Å². The summed E-state index contributed by atoms with van der Waals surface area (Å²) in [6, 6.07) is 0.992. The molecular formula is C13H16ClF2NO2. The zero-order chi connectivity index (χ0) is 14.4. The van der Waals surface area contributed by atoms with Crippen molar-refractivity contribution in [2.45, 2.75) is 32.7 Å². The van der Waals surface area contributed by atoms with E-state index in [1.165, 1.54) is 0 Å². The highest BCUT2D eigenvalue weighted by Crippen LogP contribution is 2.27. The number of carbonyl (C=O) groups is 1. The molecule has 0 amide bonds. The molecule has 0 heterocycles. The number of halogens is 3. The summed E-state index contributed by atoms with van der Waals surface area (Å²) >= 11 is 5.77. The second-order valence-corrected chi connectivity index (χ2v) is 4.39. The summed E-state index contributed by atoms with van der Waals surface area (Å²) in [6.45, 7) is 3.81. The Labute approximate surface area is 115 Å². The van der Waals surface area contributed by atoms with Gasteiger partial charge in [-0.1, -0.05) is 24.9 Å². The van der Waals surface area contributed by atoms with Crippen molar-refractivity contribution in [1.82, 2.24) is 0 Å². The smallest absolute Gasteiger partial charge is 0.328 e. The largest absolute Gasteiger partial charge is 0.464 e. The third-order valence-electron chi connectivity index (χ3n) is 2.47. The lowest BCUT2D eigenvalue weighted by atomic mass is 10.1. The lowest BCUT2D eigenvalue weighted by Gasteiger charge is -2.19. The highest BCUT2D eigenvalue weighted by atomic mass is 35.5. The minimum Gasteiger partial charge on any atom is -0.464 e. The van der Waals surface area contributed by atoms with E-state index in [0.717, 1.165) is 6.07 Å². The van der Waals surface area contributed by atoms with Crippen LogP contribution in [0.3, 0.4) is 0 Å². The Morgan fingerprint density at radius 1 is 1.42 bits per heavy atom. The topological polar surface area (TPSA) is 38.3 Å². The Kier molecular flexibility index (Phi) is 6.02. The molecule has 0 aromatic heterocycles. The van der Waals surface area contributed by atoms with E-state index in [1.54, 1.807) is 6.92 Å². The van der Waals surface area contributed by atoms with Gasteiger partial charge in [0, 0.05) is 6.07 Å². The van der Waals surface area contributed by atoms with Crippen molar-refractivity contribution in [2.24, 2.45) is 0 Å². The third-order valence-corrected chi connectivity index (χ3v) is 2.77. The van der Waals surface area contributed by atoms with E-state index in [-0.39, 0.29) is 17.3 Å². The summed E-state index contributed by atoms with van der Waals surface area (Å²) in [5.74, 6) is -2.09. The monoisotopic (exact) mass is 291 g/mol. The molecule has 0 spiro atoms. The predicted molar refractivity (Wildman–Crippen MR) is 70.3 cm³/mol. The first-order chi connectivity index (χ1) is 8.99. The normalized spacial score (nSPS) is 12.1. The molecule has 0 bridgehead atoms. The van der Waals surface area contributed by atoms with Crippen LogP contribution in [0.5, 0.6) is 0 Å². The molecule has 0 aliphatic carbocycles. The number of rotatable bonds is 6. The van der Waals surface area contributed by atoms with E-state index >= 15 is 0 Å². The minimum absolute atomic E-state index is 0.0884. The fourth-order valence-corrected chi connectivity index (χ4v) is 1.88. The molecule has 106 valence electrons. The third kappa shape index (κ3) is 4.35. The van der Waals surface area contributed by atoms with Crippen LogP contribution in [0.4, 0.5) is 14.5 Å². The molecule has 1 unspecified atom stereocenters. The summed E-state index contributed by atoms with van der Waals surface area (Å²) in [7, 11) is 0. The fourth-order valence-electron chi connectivity index (χ4n) is 1.63. The van der Waals surface area contributed by atoms with Crippen molar-refractivity contribution in [3.05, 3.63) is 28.8 Å². The Hall–Kier alpha value is -1.36. The molecule has 0 aliphatic rings. The Balaban J connectivity index is 2.93. The number of esters is 1. The van der Waals surface area contributed by atoms with Crippen molar-refractivity contribution in [1.29, 1.82) is 0 Å². The summed E-state index contributed by atoms with van der Waals surface area (Å²) < 4.78 is 31.4. The molecule has 0 saturated carbocycles. The maximum absolute atomic E-state index is 13.6. The van der Waals surface area contributed by atoms with Gasteiger partial charge in [0.05, 0.1) is 17.3 Å². The molecule has 19 heavy (non-hydrogen) atoms. The summed E-state index contributed by atoms with van der Waals surface area (Å²) in [5, 5.41) is 2.57. The molecule has 1 aromatic carbocycles. The van der Waals surface area contributed by atoms with Crippen molar-refractivity contribution in [2.75, 3.05) is 11.9 Å². The molecule has 0 saturated heterocycles. The molecule has 1 aromatic rings. The van der Waals surface area contributed by atoms with Gasteiger partial charge < -0.3 is 10.1 Å². The number of nitrogens with one attached hydrogen (secondary N) is 1. The van der Waals surface area contributed by atoms with Crippen molar-refractivity contribution >= 4 is 23.3 Å². The van der Waals surface area contributed by atoms with E-state index in [9.17, 15) is 13.6 Å². The van der Waals surface area contributed by atoms with Gasteiger partial charge in [0.25, 0.3) is 0 Å². The molecular weight excluding hydrogens is 276 g/mol. The predicted octanol–water partition coefficient (Wildman–Crippen LogP) is 3.76. The Morgan fingerprint density at radius 2 is 2.11 bits per heavy atom. The van der Waals surface area contributed by atoms with Crippen LogP contribution in [0.15, 0.2) is 12.1 Å². The highest BCUT2D eigenvalue weighted by Gasteiger charge is 2.21. The van der Waals surface area contributed by atoms with Gasteiger partial charge in [0.2, 0.25) is 0 Å². The number of anilines is 1. The molecule has 0 fully saturated rings. The van der Waals surface area contributed by atoms with Gasteiger partial charge in [-0.2, -0.15) is 0 Å². The standard InChI is InChI=1S/C13H16ClF2NO2/c1-3-5-11(13(18)19-4-2)17-12-9(14)6-8(15)7-10(12)16/h6-7,11,17H,3-5H2,1-2H3. The molecule has 1 N–H and O–H groups in total. The van der Waals surface area contributed by atoms with Crippen LogP contribution in [0, 0.1) is 11.6 Å². The summed E-state index contributed by atoms with van der Waals surface area (Å²) in [5.41, 5.74) is -0.0884. The van der Waals surface area contributed by atoms with Crippen LogP contribution in [-0.2, 0) is 9.53 Å². The molecule has 3 nitrogen and oxygen atoms in total. The second kappa shape index (κ2) is 7.28. The molecule has 1 rings (SSSR count). The maximum atomic E-state index is 13.6. The second-order valence-electron chi connectivity index (χ2n) is 3.98. The number of hydrogen-bond donors (Lipinski definition) is 1. The van der Waals surface area contributed by atoms with Gasteiger partial charge in [0.1, 0.15) is 11.9 Å². The number of benzene rings is 1. The van der Waals surface area contributed by atoms with Crippen LogP contribution in [0.2, 0.25) is 5.02 Å². The van der Waals surface area contributed by atoms with E-state index in [1.807, 2.05) is 6.92 Å². The quantitative estimate of drug-likeness (QED) is 0.811. The van der Waals surface area contributed by atoms with E-state index in [0.29, 0.717) is 18.9 Å². The number of carbonyl (C=O) groups excluding carboxylic acids is 1. The van der Waals surface area contributed by atoms with Crippen LogP contribution in [0.25, 0.3) is 0 Å². The van der Waals surface area contributed by atoms with E-state index < -0.39 is 23.6 Å². The molecule has 0 radical (unpaired) electrons. The average Bonchev–Trinajstić information content (AvgIpc) is 2.32. The van der Waals surface area contributed by atoms with Gasteiger partial charge in [-0.05, 0) is 19.4 Å². The van der Waals surface area contributed by atoms with Crippen LogP contribution in [0.1, 0.15) is 26.7 Å². The lowest BCUT2D eigenvalue weighted by molar-refractivity contribution is -0.144. The van der Waals surface area contributed by atoms with Crippen LogP contribution < -0.4 is 5.32 Å². The SMILES string of the molecule is CCCC(Nc1c(F)cc(F)cc1Cl)C(=O)OCC. The Morgan fingerprint density at radius 3 is 2.63 bits per heavy atom. The summed E-state index contributed by atoms with van der Waals surface area (Å²) in [4.78, 5) is 11.7. The number of hydrogen-bond acceptors (Lipinski definition) is 3. The molecule has 6 heteroatoms. The van der Waals surface area contributed by atoms with Gasteiger partial charge in [-0.15, -0.1) is 0 Å². The molecule has 1 atom stereocenters. The first-order valence-corrected chi connectivity index (χ1v) is 6.45.